The Labute approximate surface area is 130 Å². The van der Waals surface area contributed by atoms with Crippen LogP contribution in [-0.2, 0) is 14.3 Å². The van der Waals surface area contributed by atoms with Gasteiger partial charge in [0.15, 0.2) is 0 Å². The molecule has 1 amide bonds. The maximum absolute atomic E-state index is 13.1. The van der Waals surface area contributed by atoms with E-state index in [1.165, 1.54) is 0 Å². The summed E-state index contributed by atoms with van der Waals surface area (Å²) in [7, 11) is 2.15. The molecular formula is C16H23N3O3. The van der Waals surface area contributed by atoms with E-state index in [-0.39, 0.29) is 23.9 Å². The van der Waals surface area contributed by atoms with E-state index in [9.17, 15) is 9.59 Å². The van der Waals surface area contributed by atoms with Crippen molar-refractivity contribution < 1.29 is 14.3 Å². The van der Waals surface area contributed by atoms with E-state index in [4.69, 9.17) is 4.74 Å². The summed E-state index contributed by atoms with van der Waals surface area (Å²) < 4.78 is 5.08. The maximum Gasteiger partial charge on any atom is 0.336 e. The number of nitrogens with zero attached hydrogens (tertiary/aromatic N) is 2. The average Bonchev–Trinajstić information content (AvgIpc) is 2.92. The van der Waals surface area contributed by atoms with Gasteiger partial charge in [0.2, 0.25) is 5.91 Å². The molecule has 1 N–H and O–H groups in total. The number of hydrogen-bond donors (Lipinski definition) is 1. The highest BCUT2D eigenvalue weighted by Crippen LogP contribution is 2.46. The van der Waals surface area contributed by atoms with Gasteiger partial charge in [-0.2, -0.15) is 0 Å². The number of esters is 1. The SMILES string of the molecule is CC1=C(N2CCC3(CC4CN(C)CC(C3)N4)C2=O)COC1=O. The lowest BCUT2D eigenvalue weighted by molar-refractivity contribution is -0.139. The van der Waals surface area contributed by atoms with Crippen molar-refractivity contribution in [1.82, 2.24) is 15.1 Å². The number of piperidine rings is 1. The van der Waals surface area contributed by atoms with Gasteiger partial charge in [-0.15, -0.1) is 0 Å². The Morgan fingerprint density at radius 1 is 1.23 bits per heavy atom. The molecule has 2 unspecified atom stereocenters. The zero-order valence-electron chi connectivity index (χ0n) is 13.2. The number of likely N-dealkylation sites (N-methyl/N-ethyl adjacent to an activating group) is 1. The number of cyclic esters (lactones) is 1. The van der Waals surface area contributed by atoms with E-state index in [0.717, 1.165) is 44.6 Å². The zero-order valence-corrected chi connectivity index (χ0v) is 13.2. The van der Waals surface area contributed by atoms with Gasteiger partial charge in [-0.05, 0) is 33.2 Å². The lowest BCUT2D eigenvalue weighted by Crippen LogP contribution is -2.62. The number of piperazine rings is 1. The van der Waals surface area contributed by atoms with Crippen molar-refractivity contribution in [2.75, 3.05) is 33.3 Å². The van der Waals surface area contributed by atoms with Crippen LogP contribution in [0.1, 0.15) is 26.2 Å². The number of amides is 1. The van der Waals surface area contributed by atoms with E-state index >= 15 is 0 Å². The molecule has 4 aliphatic heterocycles. The van der Waals surface area contributed by atoms with Crippen LogP contribution in [0.15, 0.2) is 11.3 Å². The third-order valence-corrected chi connectivity index (χ3v) is 5.73. The number of ether oxygens (including phenoxy) is 1. The van der Waals surface area contributed by atoms with Crippen molar-refractivity contribution >= 4 is 11.9 Å². The van der Waals surface area contributed by atoms with Crippen LogP contribution in [-0.4, -0.2) is 67.0 Å². The quantitative estimate of drug-likeness (QED) is 0.696. The van der Waals surface area contributed by atoms with Crippen molar-refractivity contribution in [3.63, 3.8) is 0 Å². The first-order chi connectivity index (χ1) is 10.5. The molecule has 0 aliphatic carbocycles. The lowest BCUT2D eigenvalue weighted by Gasteiger charge is -2.48. The Balaban J connectivity index is 1.58. The first-order valence-corrected chi connectivity index (χ1v) is 8.12. The van der Waals surface area contributed by atoms with Crippen LogP contribution in [0.25, 0.3) is 0 Å². The third kappa shape index (κ3) is 2.01. The molecular weight excluding hydrogens is 282 g/mol. The van der Waals surface area contributed by atoms with Gasteiger partial charge in [0, 0.05) is 31.7 Å². The molecule has 6 heteroatoms. The predicted molar refractivity (Wildman–Crippen MR) is 79.9 cm³/mol. The second-order valence-corrected chi connectivity index (χ2v) is 7.32. The third-order valence-electron chi connectivity index (χ3n) is 5.73. The van der Waals surface area contributed by atoms with Gasteiger partial charge in [0.1, 0.15) is 6.61 Å². The van der Waals surface area contributed by atoms with Gasteiger partial charge in [0.25, 0.3) is 0 Å². The fraction of sp³-hybridized carbons (Fsp3) is 0.750. The van der Waals surface area contributed by atoms with Crippen molar-refractivity contribution in [3.8, 4) is 0 Å². The molecule has 2 bridgehead atoms. The number of nitrogens with one attached hydrogen (secondary N) is 1. The summed E-state index contributed by atoms with van der Waals surface area (Å²) in [5.74, 6) is -0.0752. The molecule has 22 heavy (non-hydrogen) atoms. The molecule has 4 rings (SSSR count). The van der Waals surface area contributed by atoms with Gasteiger partial charge >= 0.3 is 5.97 Å². The summed E-state index contributed by atoms with van der Waals surface area (Å²) in [6, 6.07) is 0.802. The Morgan fingerprint density at radius 3 is 2.50 bits per heavy atom. The maximum atomic E-state index is 13.1. The van der Waals surface area contributed by atoms with Crippen LogP contribution in [0.2, 0.25) is 0 Å². The van der Waals surface area contributed by atoms with Crippen LogP contribution in [0.4, 0.5) is 0 Å². The number of hydrogen-bond acceptors (Lipinski definition) is 5. The summed E-state index contributed by atoms with van der Waals surface area (Å²) in [6.45, 7) is 4.75. The molecule has 4 heterocycles. The standard InChI is InChI=1S/C16H23N3O3/c1-10-13(9-22-14(10)20)19-4-3-16(15(19)21)5-11-7-18(2)8-12(6-16)17-11/h11-12,17H,3-9H2,1-2H3. The van der Waals surface area contributed by atoms with Crippen LogP contribution in [0.5, 0.6) is 0 Å². The molecule has 3 fully saturated rings. The van der Waals surface area contributed by atoms with Crippen molar-refractivity contribution in [2.45, 2.75) is 38.3 Å². The van der Waals surface area contributed by atoms with Gasteiger partial charge in [-0.3, -0.25) is 4.79 Å². The Morgan fingerprint density at radius 2 is 1.91 bits per heavy atom. The van der Waals surface area contributed by atoms with E-state index in [0.29, 0.717) is 17.7 Å². The smallest absolute Gasteiger partial charge is 0.336 e. The highest BCUT2D eigenvalue weighted by atomic mass is 16.5. The first-order valence-electron chi connectivity index (χ1n) is 8.12. The summed E-state index contributed by atoms with van der Waals surface area (Å²) in [5.41, 5.74) is 1.15. The fourth-order valence-corrected chi connectivity index (χ4v) is 4.74. The van der Waals surface area contributed by atoms with Crippen molar-refractivity contribution in [3.05, 3.63) is 11.3 Å². The normalized spacial score (nSPS) is 39.1. The number of carbonyl (C=O) groups excluding carboxylic acids is 2. The number of rotatable bonds is 1. The molecule has 0 aromatic carbocycles. The zero-order chi connectivity index (χ0) is 15.5. The van der Waals surface area contributed by atoms with Crippen LogP contribution < -0.4 is 5.32 Å². The summed E-state index contributed by atoms with van der Waals surface area (Å²) in [5, 5.41) is 3.65. The van der Waals surface area contributed by atoms with Gasteiger partial charge in [0.05, 0.1) is 16.7 Å². The highest BCUT2D eigenvalue weighted by molar-refractivity contribution is 5.94. The number of likely N-dealkylation sites (tertiary alicyclic amines) is 2. The second kappa shape index (κ2) is 4.80. The molecule has 2 atom stereocenters. The Kier molecular flexibility index (Phi) is 3.10. The Bertz CT molecular complexity index is 553. The van der Waals surface area contributed by atoms with E-state index in [2.05, 4.69) is 17.3 Å². The topological polar surface area (TPSA) is 61.9 Å². The van der Waals surface area contributed by atoms with Crippen molar-refractivity contribution in [1.29, 1.82) is 0 Å². The summed E-state index contributed by atoms with van der Waals surface area (Å²) in [4.78, 5) is 28.9. The minimum absolute atomic E-state index is 0.209. The molecule has 4 aliphatic rings. The predicted octanol–water partition coefficient (Wildman–Crippen LogP) is 0.102. The minimum atomic E-state index is -0.285. The van der Waals surface area contributed by atoms with E-state index in [1.807, 2.05) is 4.90 Å². The molecule has 1 spiro atoms. The minimum Gasteiger partial charge on any atom is -0.456 e. The second-order valence-electron chi connectivity index (χ2n) is 7.32. The molecule has 0 radical (unpaired) electrons. The van der Waals surface area contributed by atoms with E-state index < -0.39 is 0 Å². The summed E-state index contributed by atoms with van der Waals surface area (Å²) in [6.07, 6.45) is 2.71. The first kappa shape index (κ1) is 14.2. The lowest BCUT2D eigenvalue weighted by atomic mass is 9.70. The summed E-state index contributed by atoms with van der Waals surface area (Å²) >= 11 is 0. The average molecular weight is 305 g/mol. The molecule has 6 nitrogen and oxygen atoms in total. The number of carbonyl (C=O) groups is 2. The van der Waals surface area contributed by atoms with Crippen molar-refractivity contribution in [2.24, 2.45) is 5.41 Å². The van der Waals surface area contributed by atoms with Gasteiger partial charge in [-0.1, -0.05) is 0 Å². The van der Waals surface area contributed by atoms with Gasteiger partial charge < -0.3 is 19.9 Å². The molecule has 0 aromatic heterocycles. The van der Waals surface area contributed by atoms with E-state index in [1.54, 1.807) is 6.92 Å². The molecule has 0 aromatic rings. The van der Waals surface area contributed by atoms with Gasteiger partial charge in [-0.25, -0.2) is 4.79 Å². The monoisotopic (exact) mass is 305 g/mol. The number of fused-ring (bicyclic) bond motifs is 2. The van der Waals surface area contributed by atoms with Crippen LogP contribution >= 0.6 is 0 Å². The van der Waals surface area contributed by atoms with Crippen LogP contribution in [0, 0.1) is 5.41 Å². The molecule has 0 saturated carbocycles. The Hall–Kier alpha value is -1.40. The molecule has 120 valence electrons. The largest absolute Gasteiger partial charge is 0.456 e. The highest BCUT2D eigenvalue weighted by Gasteiger charge is 2.53. The fourth-order valence-electron chi connectivity index (χ4n) is 4.74. The molecule has 3 saturated heterocycles. The van der Waals surface area contributed by atoms with Crippen LogP contribution in [0.3, 0.4) is 0 Å².